The Morgan fingerprint density at radius 3 is 2.45 bits per heavy atom. The first-order chi connectivity index (χ1) is 5.11. The van der Waals surface area contributed by atoms with Crippen molar-refractivity contribution >= 4 is 11.9 Å². The van der Waals surface area contributed by atoms with E-state index >= 15 is 0 Å². The molecule has 11 heavy (non-hydrogen) atoms. The van der Waals surface area contributed by atoms with Crippen molar-refractivity contribution in [2.45, 2.75) is 19.9 Å². The van der Waals surface area contributed by atoms with E-state index in [1.54, 1.807) is 13.8 Å². The van der Waals surface area contributed by atoms with Gasteiger partial charge in [-0.3, -0.25) is 0 Å². The molecule has 1 aliphatic rings. The Kier molecular flexibility index (Phi) is 2.06. The lowest BCUT2D eigenvalue weighted by Gasteiger charge is -2.26. The summed E-state index contributed by atoms with van der Waals surface area (Å²) in [6.45, 7) is 3.53. The third kappa shape index (κ3) is 1.66. The fourth-order valence-corrected chi connectivity index (χ4v) is 0.484. The van der Waals surface area contributed by atoms with Crippen LogP contribution < -0.4 is 5.59 Å². The molecule has 0 bridgehead atoms. The molecule has 0 aromatic heterocycles. The maximum absolute atomic E-state index is 10.5. The van der Waals surface area contributed by atoms with Crippen molar-refractivity contribution in [3.63, 3.8) is 0 Å². The zero-order valence-electron chi connectivity index (χ0n) is 6.16. The lowest BCUT2D eigenvalue weighted by Crippen LogP contribution is -2.52. The molecular formula is C5H8N2O4. The first-order valence-electron chi connectivity index (χ1n) is 3.09. The van der Waals surface area contributed by atoms with E-state index in [0.717, 1.165) is 5.17 Å². The van der Waals surface area contributed by atoms with Crippen molar-refractivity contribution in [3.05, 3.63) is 0 Å². The lowest BCUT2D eigenvalue weighted by molar-refractivity contribution is -0.290. The second-order valence-corrected chi connectivity index (χ2v) is 2.28. The minimum Gasteiger partial charge on any atom is -0.343 e. The molecule has 0 saturated carbocycles. The number of hydrazine groups is 1. The standard InChI is InChI=1S/C5H8N2O4/c1-3(2)7-6-10-4(8)5(9)11-7/h3,6H,1-2H3. The van der Waals surface area contributed by atoms with E-state index in [-0.39, 0.29) is 6.04 Å². The number of hydroxylamine groups is 1. The molecule has 1 aliphatic heterocycles. The average Bonchev–Trinajstić information content (AvgIpc) is 1.94. The van der Waals surface area contributed by atoms with Gasteiger partial charge in [0.05, 0.1) is 6.04 Å². The van der Waals surface area contributed by atoms with Crippen LogP contribution in [-0.2, 0) is 19.3 Å². The summed E-state index contributed by atoms with van der Waals surface area (Å²) in [6.07, 6.45) is 0. The minimum absolute atomic E-state index is 0.0907. The van der Waals surface area contributed by atoms with Gasteiger partial charge in [0.15, 0.2) is 0 Å². The van der Waals surface area contributed by atoms with E-state index in [1.807, 2.05) is 0 Å². The molecule has 0 aromatic rings. The molecular weight excluding hydrogens is 152 g/mol. The van der Waals surface area contributed by atoms with Gasteiger partial charge in [0.25, 0.3) is 0 Å². The van der Waals surface area contributed by atoms with Crippen LogP contribution in [0.3, 0.4) is 0 Å². The quantitative estimate of drug-likeness (QED) is 0.503. The molecule has 1 saturated heterocycles. The SMILES string of the molecule is CC(C)N1NOC(=O)C(=O)O1. The summed E-state index contributed by atoms with van der Waals surface area (Å²) in [6, 6.07) is -0.0907. The highest BCUT2D eigenvalue weighted by molar-refractivity contribution is 6.29. The number of rotatable bonds is 1. The van der Waals surface area contributed by atoms with Crippen LogP contribution in [0.5, 0.6) is 0 Å². The van der Waals surface area contributed by atoms with Crippen LogP contribution in [0, 0.1) is 0 Å². The van der Waals surface area contributed by atoms with Gasteiger partial charge < -0.3 is 9.68 Å². The number of carbonyl (C=O) groups excluding carboxylic acids is 2. The van der Waals surface area contributed by atoms with Crippen molar-refractivity contribution < 1.29 is 19.3 Å². The second kappa shape index (κ2) is 2.85. The molecule has 0 atom stereocenters. The van der Waals surface area contributed by atoms with E-state index in [4.69, 9.17) is 0 Å². The fourth-order valence-electron chi connectivity index (χ4n) is 0.484. The summed E-state index contributed by atoms with van der Waals surface area (Å²) in [7, 11) is 0. The normalized spacial score (nSPS) is 19.9. The van der Waals surface area contributed by atoms with Gasteiger partial charge in [0, 0.05) is 0 Å². The zero-order chi connectivity index (χ0) is 8.43. The molecule has 1 fully saturated rings. The smallest absolute Gasteiger partial charge is 0.343 e. The highest BCUT2D eigenvalue weighted by Gasteiger charge is 2.29. The van der Waals surface area contributed by atoms with Crippen LogP contribution in [0.25, 0.3) is 0 Å². The van der Waals surface area contributed by atoms with Crippen molar-refractivity contribution in [2.75, 3.05) is 0 Å². The molecule has 1 rings (SSSR count). The summed E-state index contributed by atoms with van der Waals surface area (Å²) >= 11 is 0. The molecule has 6 heteroatoms. The molecule has 0 unspecified atom stereocenters. The molecule has 0 radical (unpaired) electrons. The van der Waals surface area contributed by atoms with Crippen LogP contribution >= 0.6 is 0 Å². The second-order valence-electron chi connectivity index (χ2n) is 2.28. The number of hydrogen-bond acceptors (Lipinski definition) is 6. The molecule has 62 valence electrons. The highest BCUT2D eigenvalue weighted by Crippen LogP contribution is 2.00. The molecule has 0 aliphatic carbocycles. The van der Waals surface area contributed by atoms with Crippen molar-refractivity contribution in [3.8, 4) is 0 Å². The number of carbonyl (C=O) groups is 2. The summed E-state index contributed by atoms with van der Waals surface area (Å²) in [4.78, 5) is 29.6. The van der Waals surface area contributed by atoms with Gasteiger partial charge in [0.1, 0.15) is 0 Å². The van der Waals surface area contributed by atoms with Crippen molar-refractivity contribution in [1.29, 1.82) is 0 Å². The lowest BCUT2D eigenvalue weighted by atomic mass is 10.4. The largest absolute Gasteiger partial charge is 0.439 e. The number of nitrogens with one attached hydrogen (secondary N) is 1. The van der Waals surface area contributed by atoms with Gasteiger partial charge >= 0.3 is 11.9 Å². The monoisotopic (exact) mass is 160 g/mol. The Balaban J connectivity index is 2.53. The minimum atomic E-state index is -1.04. The van der Waals surface area contributed by atoms with Gasteiger partial charge in [-0.25, -0.2) is 9.59 Å². The van der Waals surface area contributed by atoms with E-state index in [2.05, 4.69) is 15.3 Å². The molecule has 0 amide bonds. The zero-order valence-corrected chi connectivity index (χ0v) is 6.16. The van der Waals surface area contributed by atoms with Crippen LogP contribution in [0.4, 0.5) is 0 Å². The predicted octanol–water partition coefficient (Wildman–Crippen LogP) is -0.869. The maximum atomic E-state index is 10.5. The Morgan fingerprint density at radius 2 is 2.00 bits per heavy atom. The molecule has 1 N–H and O–H groups in total. The maximum Gasteiger partial charge on any atom is 0.439 e. The Morgan fingerprint density at radius 1 is 1.36 bits per heavy atom. The summed E-state index contributed by atoms with van der Waals surface area (Å²) in [5.74, 6) is -2.06. The summed E-state index contributed by atoms with van der Waals surface area (Å²) < 4.78 is 0. The van der Waals surface area contributed by atoms with Gasteiger partial charge in [-0.05, 0) is 24.6 Å². The van der Waals surface area contributed by atoms with Gasteiger partial charge in [-0.2, -0.15) is 0 Å². The van der Waals surface area contributed by atoms with Gasteiger partial charge in [0.2, 0.25) is 0 Å². The van der Waals surface area contributed by atoms with Crippen LogP contribution in [-0.4, -0.2) is 23.2 Å². The van der Waals surface area contributed by atoms with Crippen molar-refractivity contribution in [1.82, 2.24) is 10.8 Å². The van der Waals surface area contributed by atoms with E-state index < -0.39 is 11.9 Å². The predicted molar refractivity (Wildman–Crippen MR) is 32.3 cm³/mol. The average molecular weight is 160 g/mol. The van der Waals surface area contributed by atoms with E-state index in [0.29, 0.717) is 0 Å². The Hall–Kier alpha value is -1.14. The molecule has 6 nitrogen and oxygen atoms in total. The van der Waals surface area contributed by atoms with Crippen LogP contribution in [0.1, 0.15) is 13.8 Å². The highest BCUT2D eigenvalue weighted by atomic mass is 16.9. The van der Waals surface area contributed by atoms with Crippen LogP contribution in [0.15, 0.2) is 0 Å². The molecule has 0 aromatic carbocycles. The Labute approximate surface area is 62.9 Å². The van der Waals surface area contributed by atoms with E-state index in [1.165, 1.54) is 0 Å². The van der Waals surface area contributed by atoms with Gasteiger partial charge in [-0.15, -0.1) is 0 Å². The molecule has 0 spiro atoms. The Bertz CT molecular complexity index is 191. The van der Waals surface area contributed by atoms with Crippen LogP contribution in [0.2, 0.25) is 0 Å². The summed E-state index contributed by atoms with van der Waals surface area (Å²) in [5, 5.41) is 1.05. The first-order valence-corrected chi connectivity index (χ1v) is 3.09. The summed E-state index contributed by atoms with van der Waals surface area (Å²) in [5.41, 5.74) is 2.14. The van der Waals surface area contributed by atoms with Crippen molar-refractivity contribution in [2.24, 2.45) is 0 Å². The topological polar surface area (TPSA) is 67.9 Å². The third-order valence-corrected chi connectivity index (χ3v) is 1.05. The third-order valence-electron chi connectivity index (χ3n) is 1.05. The number of hydrogen-bond donors (Lipinski definition) is 1. The fraction of sp³-hybridized carbons (Fsp3) is 0.600. The number of nitrogens with zero attached hydrogens (tertiary/aromatic N) is 1. The first kappa shape index (κ1) is 7.96. The molecule has 1 heterocycles. The van der Waals surface area contributed by atoms with Gasteiger partial charge in [-0.1, -0.05) is 0 Å². The van der Waals surface area contributed by atoms with E-state index in [9.17, 15) is 9.59 Å².